The van der Waals surface area contributed by atoms with Crippen molar-refractivity contribution in [3.8, 4) is 51.5 Å². The molecule has 0 radical (unpaired) electrons. The van der Waals surface area contributed by atoms with Gasteiger partial charge in [-0.3, -0.25) is 0 Å². The predicted octanol–water partition coefficient (Wildman–Crippen LogP) is 10.7. The van der Waals surface area contributed by atoms with E-state index in [1.165, 1.54) is 10.8 Å². The molecular weight excluding hydrogens is 601 g/mol. The van der Waals surface area contributed by atoms with E-state index in [9.17, 15) is 15.6 Å². The zero-order chi connectivity index (χ0) is 33.1. The number of nitrogens with zero attached hydrogens (tertiary/aromatic N) is 4. The van der Waals surface area contributed by atoms with Crippen LogP contribution < -0.4 is 0 Å². The summed E-state index contributed by atoms with van der Waals surface area (Å²) in [7, 11) is 0. The van der Waals surface area contributed by atoms with Crippen molar-refractivity contribution >= 4 is 43.6 Å². The number of phenols is 1. The van der Waals surface area contributed by atoms with Crippen LogP contribution >= 0.6 is 0 Å². The van der Waals surface area contributed by atoms with Crippen LogP contribution in [0, 0.1) is 22.7 Å². The molecule has 0 bridgehead atoms. The van der Waals surface area contributed by atoms with Gasteiger partial charge in [0.2, 0.25) is 0 Å². The second-order valence-corrected chi connectivity index (χ2v) is 12.2. The van der Waals surface area contributed by atoms with Crippen LogP contribution in [0.2, 0.25) is 0 Å². The number of para-hydroxylation sites is 3. The maximum atomic E-state index is 11.7. The van der Waals surface area contributed by atoms with Crippen LogP contribution in [-0.4, -0.2) is 14.2 Å². The first-order valence-corrected chi connectivity index (χ1v) is 16.0. The zero-order valence-corrected chi connectivity index (χ0v) is 26.2. The number of rotatable bonds is 4. The standard InChI is InChI=1S/C44H26N4O/c45-26-28-17-21-42-38(22-28)35-12-3-6-15-41(35)48(42)43-23-29(27-46)16-19-36(43)37-20-18-31(25-44(37)49)30-8-7-9-32(24-30)47-39-13-4-1-10-33(39)34-11-2-5-14-40(34)47/h1-25,49H. The predicted molar refractivity (Wildman–Crippen MR) is 197 cm³/mol. The normalized spacial score (nSPS) is 11.3. The van der Waals surface area contributed by atoms with E-state index in [-0.39, 0.29) is 5.75 Å². The van der Waals surface area contributed by atoms with E-state index < -0.39 is 0 Å². The molecule has 5 heteroatoms. The van der Waals surface area contributed by atoms with E-state index >= 15 is 0 Å². The van der Waals surface area contributed by atoms with Crippen LogP contribution in [0.3, 0.4) is 0 Å². The Kier molecular flexibility index (Phi) is 6.34. The van der Waals surface area contributed by atoms with E-state index in [1.54, 1.807) is 6.07 Å². The van der Waals surface area contributed by atoms with E-state index in [4.69, 9.17) is 0 Å². The summed E-state index contributed by atoms with van der Waals surface area (Å²) in [5.41, 5.74) is 10.4. The van der Waals surface area contributed by atoms with Crippen LogP contribution in [0.4, 0.5) is 0 Å². The Hall–Kier alpha value is -7.08. The number of phenolic OH excluding ortho intramolecular Hbond substituents is 1. The molecule has 0 saturated carbocycles. The Morgan fingerprint density at radius 2 is 0.980 bits per heavy atom. The van der Waals surface area contributed by atoms with Gasteiger partial charge in [0, 0.05) is 38.4 Å². The van der Waals surface area contributed by atoms with Gasteiger partial charge in [0.05, 0.1) is 51.0 Å². The summed E-state index contributed by atoms with van der Waals surface area (Å²) in [5, 5.41) is 35.5. The molecule has 0 aliphatic carbocycles. The fourth-order valence-electron chi connectivity index (χ4n) is 7.28. The highest BCUT2D eigenvalue weighted by Crippen LogP contribution is 2.41. The number of benzene rings is 7. The minimum Gasteiger partial charge on any atom is -0.507 e. The average molecular weight is 627 g/mol. The molecule has 0 aliphatic rings. The van der Waals surface area contributed by atoms with Crippen LogP contribution in [-0.2, 0) is 0 Å². The molecule has 49 heavy (non-hydrogen) atoms. The lowest BCUT2D eigenvalue weighted by Crippen LogP contribution is -1.99. The van der Waals surface area contributed by atoms with Gasteiger partial charge in [0.1, 0.15) is 5.75 Å². The lowest BCUT2D eigenvalue weighted by atomic mass is 9.96. The van der Waals surface area contributed by atoms with E-state index in [0.717, 1.165) is 60.9 Å². The number of nitriles is 2. The van der Waals surface area contributed by atoms with Crippen LogP contribution in [0.5, 0.6) is 5.75 Å². The zero-order valence-electron chi connectivity index (χ0n) is 26.2. The molecule has 9 rings (SSSR count). The maximum absolute atomic E-state index is 11.7. The van der Waals surface area contributed by atoms with Gasteiger partial charge in [-0.05, 0) is 83.9 Å². The highest BCUT2D eigenvalue weighted by molar-refractivity contribution is 6.11. The van der Waals surface area contributed by atoms with Crippen molar-refractivity contribution in [2.75, 3.05) is 0 Å². The van der Waals surface area contributed by atoms with Gasteiger partial charge in [0.15, 0.2) is 0 Å². The minimum absolute atomic E-state index is 0.137. The molecule has 0 fully saturated rings. The van der Waals surface area contributed by atoms with Crippen molar-refractivity contribution in [2.45, 2.75) is 0 Å². The SMILES string of the molecule is N#Cc1ccc(-c2ccc(-c3cccc(-n4c5ccccc5c5ccccc54)c3)cc2O)c(-n2c3ccccc3c3cc(C#N)ccc32)c1. The van der Waals surface area contributed by atoms with E-state index in [0.29, 0.717) is 16.7 Å². The first-order chi connectivity index (χ1) is 24.1. The molecule has 1 N–H and O–H groups in total. The van der Waals surface area contributed by atoms with Gasteiger partial charge in [-0.2, -0.15) is 10.5 Å². The second kappa shape index (κ2) is 11.0. The van der Waals surface area contributed by atoms with Gasteiger partial charge in [-0.1, -0.05) is 78.9 Å². The molecule has 0 amide bonds. The highest BCUT2D eigenvalue weighted by Gasteiger charge is 2.19. The van der Waals surface area contributed by atoms with Crippen molar-refractivity contribution in [3.05, 3.63) is 163 Å². The Balaban J connectivity index is 1.19. The number of aromatic nitrogens is 2. The number of hydrogen-bond acceptors (Lipinski definition) is 3. The largest absolute Gasteiger partial charge is 0.507 e. The third kappa shape index (κ3) is 4.38. The van der Waals surface area contributed by atoms with Crippen molar-refractivity contribution in [1.29, 1.82) is 10.5 Å². The van der Waals surface area contributed by atoms with Gasteiger partial charge in [-0.25, -0.2) is 0 Å². The first-order valence-electron chi connectivity index (χ1n) is 16.0. The molecule has 9 aromatic rings. The van der Waals surface area contributed by atoms with Gasteiger partial charge < -0.3 is 14.2 Å². The molecule has 2 heterocycles. The molecule has 0 spiro atoms. The third-order valence-corrected chi connectivity index (χ3v) is 9.48. The number of fused-ring (bicyclic) bond motifs is 6. The summed E-state index contributed by atoms with van der Waals surface area (Å²) >= 11 is 0. The summed E-state index contributed by atoms with van der Waals surface area (Å²) in [6.07, 6.45) is 0. The Morgan fingerprint density at radius 3 is 1.65 bits per heavy atom. The summed E-state index contributed by atoms with van der Waals surface area (Å²) in [6.45, 7) is 0. The monoisotopic (exact) mass is 626 g/mol. The first kappa shape index (κ1) is 28.2. The second-order valence-electron chi connectivity index (χ2n) is 12.2. The Labute approximate surface area is 282 Å². The molecule has 5 nitrogen and oxygen atoms in total. The van der Waals surface area contributed by atoms with Crippen molar-refractivity contribution < 1.29 is 5.11 Å². The van der Waals surface area contributed by atoms with Crippen molar-refractivity contribution in [2.24, 2.45) is 0 Å². The molecule has 228 valence electrons. The van der Waals surface area contributed by atoms with Crippen LogP contribution in [0.1, 0.15) is 11.1 Å². The van der Waals surface area contributed by atoms with E-state index in [1.807, 2.05) is 72.8 Å². The van der Waals surface area contributed by atoms with Gasteiger partial charge in [0.25, 0.3) is 0 Å². The average Bonchev–Trinajstić information content (AvgIpc) is 3.67. The highest BCUT2D eigenvalue weighted by atomic mass is 16.3. The fourth-order valence-corrected chi connectivity index (χ4v) is 7.28. The molecule has 7 aromatic carbocycles. The van der Waals surface area contributed by atoms with Gasteiger partial charge in [-0.15, -0.1) is 0 Å². The maximum Gasteiger partial charge on any atom is 0.124 e. The van der Waals surface area contributed by atoms with Crippen LogP contribution in [0.15, 0.2) is 152 Å². The molecule has 0 saturated heterocycles. The van der Waals surface area contributed by atoms with Crippen LogP contribution in [0.25, 0.3) is 77.2 Å². The van der Waals surface area contributed by atoms with E-state index in [2.05, 4.69) is 94.1 Å². The summed E-state index contributed by atoms with van der Waals surface area (Å²) in [4.78, 5) is 0. The third-order valence-electron chi connectivity index (χ3n) is 9.48. The Bertz CT molecular complexity index is 2820. The Morgan fingerprint density at radius 1 is 0.429 bits per heavy atom. The lowest BCUT2D eigenvalue weighted by molar-refractivity contribution is 0.477. The van der Waals surface area contributed by atoms with Crippen molar-refractivity contribution in [1.82, 2.24) is 9.13 Å². The molecule has 2 aromatic heterocycles. The lowest BCUT2D eigenvalue weighted by Gasteiger charge is -2.16. The number of aromatic hydroxyl groups is 1. The fraction of sp³-hybridized carbons (Fsp3) is 0. The molecular formula is C44H26N4O. The molecule has 0 atom stereocenters. The molecule has 0 aliphatic heterocycles. The van der Waals surface area contributed by atoms with Gasteiger partial charge >= 0.3 is 0 Å². The summed E-state index contributed by atoms with van der Waals surface area (Å²) < 4.78 is 4.40. The topological polar surface area (TPSA) is 77.7 Å². The summed E-state index contributed by atoms with van der Waals surface area (Å²) in [5.74, 6) is 0.137. The minimum atomic E-state index is 0.137. The van der Waals surface area contributed by atoms with Crippen molar-refractivity contribution in [3.63, 3.8) is 0 Å². The molecule has 0 unspecified atom stereocenters. The quantitative estimate of drug-likeness (QED) is 0.211. The smallest absolute Gasteiger partial charge is 0.124 e. The summed E-state index contributed by atoms with van der Waals surface area (Å²) in [6, 6.07) is 54.9. The number of hydrogen-bond donors (Lipinski definition) is 1.